The van der Waals surface area contributed by atoms with Gasteiger partial charge in [0.25, 0.3) is 0 Å². The molecule has 0 bridgehead atoms. The van der Waals surface area contributed by atoms with Crippen molar-refractivity contribution in [3.63, 3.8) is 0 Å². The van der Waals surface area contributed by atoms with E-state index < -0.39 is 0 Å². The highest BCUT2D eigenvalue weighted by atomic mass is 15.1. The molecular formula is C53H34N2. The van der Waals surface area contributed by atoms with Gasteiger partial charge in [-0.05, 0) is 143 Å². The van der Waals surface area contributed by atoms with Crippen LogP contribution in [0.4, 0.5) is 0 Å². The first-order valence-corrected chi connectivity index (χ1v) is 18.8. The van der Waals surface area contributed by atoms with E-state index in [4.69, 9.17) is 4.98 Å². The largest absolute Gasteiger partial charge is 0.292 e. The zero-order valence-electron chi connectivity index (χ0n) is 30.0. The van der Waals surface area contributed by atoms with E-state index in [9.17, 15) is 0 Å². The third-order valence-electron chi connectivity index (χ3n) is 11.1. The van der Waals surface area contributed by atoms with Gasteiger partial charge >= 0.3 is 0 Å². The average Bonchev–Trinajstić information content (AvgIpc) is 3.65. The maximum absolute atomic E-state index is 5.08. The topological polar surface area (TPSA) is 17.8 Å². The van der Waals surface area contributed by atoms with Gasteiger partial charge in [-0.15, -0.1) is 0 Å². The van der Waals surface area contributed by atoms with Gasteiger partial charge in [0.15, 0.2) is 0 Å². The van der Waals surface area contributed by atoms with Gasteiger partial charge in [-0.1, -0.05) is 140 Å². The van der Waals surface area contributed by atoms with Crippen LogP contribution in [-0.2, 0) is 0 Å². The van der Waals surface area contributed by atoms with Crippen molar-refractivity contribution in [1.29, 1.82) is 0 Å². The van der Waals surface area contributed by atoms with Gasteiger partial charge < -0.3 is 0 Å². The highest BCUT2D eigenvalue weighted by Gasteiger charge is 2.15. The number of hydrogen-bond acceptors (Lipinski definition) is 1. The van der Waals surface area contributed by atoms with E-state index in [0.29, 0.717) is 0 Å². The molecule has 0 spiro atoms. The lowest BCUT2D eigenvalue weighted by molar-refractivity contribution is 1.10. The molecule has 1 heterocycles. The Morgan fingerprint density at radius 2 is 0.618 bits per heavy atom. The molecule has 11 aromatic rings. The molecule has 0 N–H and O–H groups in total. The Kier molecular flexibility index (Phi) is 7.21. The summed E-state index contributed by atoms with van der Waals surface area (Å²) in [7, 11) is 0. The van der Waals surface area contributed by atoms with Crippen LogP contribution in [0.5, 0.6) is 0 Å². The predicted molar refractivity (Wildman–Crippen MR) is 233 cm³/mol. The normalized spacial score (nSPS) is 11.6. The average molecular weight is 699 g/mol. The number of hydrogen-bond donors (Lipinski definition) is 0. The van der Waals surface area contributed by atoms with Crippen molar-refractivity contribution in [2.24, 2.45) is 0 Å². The van der Waals surface area contributed by atoms with Crippen LogP contribution in [0.15, 0.2) is 206 Å². The quantitative estimate of drug-likeness (QED) is 0.175. The van der Waals surface area contributed by atoms with Gasteiger partial charge in [0, 0.05) is 11.3 Å². The van der Waals surface area contributed by atoms with Crippen molar-refractivity contribution >= 4 is 54.1 Å². The summed E-state index contributed by atoms with van der Waals surface area (Å²) < 4.78 is 2.26. The number of para-hydroxylation sites is 3. The van der Waals surface area contributed by atoms with Gasteiger partial charge in [-0.2, -0.15) is 0 Å². The van der Waals surface area contributed by atoms with E-state index in [0.717, 1.165) is 28.1 Å². The lowest BCUT2D eigenvalue weighted by Gasteiger charge is -2.11. The first kappa shape index (κ1) is 31.3. The molecule has 10 aromatic carbocycles. The number of fused-ring (bicyclic) bond motifs is 5. The van der Waals surface area contributed by atoms with Crippen LogP contribution in [0.1, 0.15) is 0 Å². The van der Waals surface area contributed by atoms with Gasteiger partial charge in [-0.25, -0.2) is 4.98 Å². The fraction of sp³-hybridized carbons (Fsp3) is 0. The van der Waals surface area contributed by atoms with Crippen LogP contribution in [0, 0.1) is 0 Å². The van der Waals surface area contributed by atoms with E-state index in [-0.39, 0.29) is 0 Å². The number of aromatic nitrogens is 2. The third kappa shape index (κ3) is 5.55. The minimum Gasteiger partial charge on any atom is -0.292 e. The molecule has 0 aliphatic heterocycles. The molecule has 0 amide bonds. The van der Waals surface area contributed by atoms with Gasteiger partial charge in [-0.3, -0.25) is 4.57 Å². The van der Waals surface area contributed by atoms with E-state index >= 15 is 0 Å². The Labute approximate surface area is 319 Å². The minimum atomic E-state index is 0.946. The van der Waals surface area contributed by atoms with Crippen molar-refractivity contribution in [1.82, 2.24) is 9.55 Å². The molecule has 0 aliphatic rings. The summed E-state index contributed by atoms with van der Waals surface area (Å²) in [4.78, 5) is 5.08. The standard InChI is InChI=1S/C53H34N2/c1-2-10-50(11-3-1)55-52-13-7-6-12-51(52)54-53(55)49-27-26-47-33-46(24-25-48(47)34-49)45-23-22-43-31-42(20-21-44(43)32-45)41-19-18-39-29-38(16-17-40(39)30-41)37-15-14-35-8-4-5-9-36(35)28-37/h1-34H. The zero-order valence-corrected chi connectivity index (χ0v) is 30.0. The SMILES string of the molecule is c1ccc(-n2c(-c3ccc4cc(-c5ccc6cc(-c7ccc8cc(-c9ccc%10ccccc%10c9)ccc8c7)ccc6c5)ccc4c3)nc3ccccc32)cc1. The predicted octanol–water partition coefficient (Wildman–Crippen LogP) is 14.3. The molecule has 0 atom stereocenters. The van der Waals surface area contributed by atoms with Crippen LogP contribution in [0.3, 0.4) is 0 Å². The molecule has 11 rings (SSSR count). The second-order valence-electron chi connectivity index (χ2n) is 14.5. The highest BCUT2D eigenvalue weighted by Crippen LogP contribution is 2.35. The Morgan fingerprint density at radius 3 is 1.11 bits per heavy atom. The van der Waals surface area contributed by atoms with Gasteiger partial charge in [0.1, 0.15) is 5.82 Å². The Hall–Kier alpha value is -7.29. The highest BCUT2D eigenvalue weighted by molar-refractivity contribution is 5.97. The Morgan fingerprint density at radius 1 is 0.273 bits per heavy atom. The fourth-order valence-corrected chi connectivity index (χ4v) is 8.20. The molecular weight excluding hydrogens is 665 g/mol. The molecule has 2 nitrogen and oxygen atoms in total. The Bertz CT molecular complexity index is 3260. The lowest BCUT2D eigenvalue weighted by atomic mass is 9.94. The van der Waals surface area contributed by atoms with Crippen LogP contribution >= 0.6 is 0 Å². The summed E-state index contributed by atoms with van der Waals surface area (Å²) >= 11 is 0. The number of nitrogens with zero attached hydrogens (tertiary/aromatic N) is 2. The van der Waals surface area contributed by atoms with Crippen molar-refractivity contribution < 1.29 is 0 Å². The summed E-state index contributed by atoms with van der Waals surface area (Å²) in [6.07, 6.45) is 0. The van der Waals surface area contributed by atoms with Gasteiger partial charge in [0.2, 0.25) is 0 Å². The van der Waals surface area contributed by atoms with Crippen LogP contribution in [0.25, 0.3) is 105 Å². The summed E-state index contributed by atoms with van der Waals surface area (Å²) in [6, 6.07) is 74.8. The van der Waals surface area contributed by atoms with Crippen LogP contribution in [0.2, 0.25) is 0 Å². The van der Waals surface area contributed by atoms with Crippen molar-refractivity contribution in [2.45, 2.75) is 0 Å². The van der Waals surface area contributed by atoms with E-state index in [1.807, 2.05) is 0 Å². The molecule has 256 valence electrons. The second-order valence-corrected chi connectivity index (χ2v) is 14.5. The number of imidazole rings is 1. The third-order valence-corrected chi connectivity index (χ3v) is 11.1. The van der Waals surface area contributed by atoms with E-state index in [1.165, 1.54) is 76.5 Å². The van der Waals surface area contributed by atoms with E-state index in [1.54, 1.807) is 0 Å². The van der Waals surface area contributed by atoms with Crippen molar-refractivity contribution in [3.05, 3.63) is 206 Å². The molecule has 55 heavy (non-hydrogen) atoms. The smallest absolute Gasteiger partial charge is 0.145 e. The minimum absolute atomic E-state index is 0.946. The van der Waals surface area contributed by atoms with Crippen molar-refractivity contribution in [3.8, 4) is 50.5 Å². The molecule has 0 radical (unpaired) electrons. The van der Waals surface area contributed by atoms with Gasteiger partial charge in [0.05, 0.1) is 11.0 Å². The first-order valence-electron chi connectivity index (χ1n) is 18.8. The molecule has 0 fully saturated rings. The Balaban J connectivity index is 0.880. The molecule has 2 heteroatoms. The maximum Gasteiger partial charge on any atom is 0.145 e. The lowest BCUT2D eigenvalue weighted by Crippen LogP contribution is -1.97. The summed E-state index contributed by atoms with van der Waals surface area (Å²) in [6.45, 7) is 0. The second kappa shape index (κ2) is 12.7. The molecule has 0 saturated heterocycles. The fourth-order valence-electron chi connectivity index (χ4n) is 8.20. The monoisotopic (exact) mass is 698 g/mol. The summed E-state index contributed by atoms with van der Waals surface area (Å²) in [5.41, 5.74) is 11.7. The summed E-state index contributed by atoms with van der Waals surface area (Å²) in [5.74, 6) is 0.946. The maximum atomic E-state index is 5.08. The molecule has 1 aromatic heterocycles. The van der Waals surface area contributed by atoms with Crippen molar-refractivity contribution in [2.75, 3.05) is 0 Å². The number of rotatable bonds is 5. The van der Waals surface area contributed by atoms with Crippen LogP contribution in [-0.4, -0.2) is 9.55 Å². The molecule has 0 aliphatic carbocycles. The summed E-state index contributed by atoms with van der Waals surface area (Å²) in [5, 5.41) is 9.90. The zero-order chi connectivity index (χ0) is 36.3. The van der Waals surface area contributed by atoms with E-state index in [2.05, 4.69) is 211 Å². The molecule has 0 saturated carbocycles. The van der Waals surface area contributed by atoms with Crippen LogP contribution < -0.4 is 0 Å². The number of benzene rings is 10. The molecule has 0 unspecified atom stereocenters. The first-order chi connectivity index (χ1) is 27.2.